The number of aromatic nitrogens is 2. The number of hydrogen-bond acceptors (Lipinski definition) is 2. The zero-order valence-electron chi connectivity index (χ0n) is 7.57. The second-order valence-corrected chi connectivity index (χ2v) is 3.11. The Kier molecular flexibility index (Phi) is 2.55. The van der Waals surface area contributed by atoms with E-state index in [4.69, 9.17) is 5.11 Å². The molecule has 0 spiro atoms. The van der Waals surface area contributed by atoms with Gasteiger partial charge in [0.25, 0.3) is 5.56 Å². The van der Waals surface area contributed by atoms with Crippen LogP contribution < -0.4 is 5.56 Å². The maximum atomic E-state index is 10.8. The molecule has 0 saturated carbocycles. The first-order chi connectivity index (χ1) is 6.00. The van der Waals surface area contributed by atoms with Crippen LogP contribution >= 0.6 is 0 Å². The molecule has 72 valence electrons. The van der Waals surface area contributed by atoms with Gasteiger partial charge >= 0.3 is 5.97 Å². The molecule has 1 aromatic rings. The average Bonchev–Trinajstić information content (AvgIpc) is 2.30. The molecule has 0 saturated heterocycles. The van der Waals surface area contributed by atoms with Crippen LogP contribution in [-0.2, 0) is 18.3 Å². The van der Waals surface area contributed by atoms with Gasteiger partial charge in [0, 0.05) is 25.2 Å². The number of aromatic amines is 1. The number of carboxylic acid groups (broad SMARTS) is 1. The second kappa shape index (κ2) is 3.47. The number of rotatable bonds is 3. The number of nitrogens with zero attached hydrogens (tertiary/aromatic N) is 1. The summed E-state index contributed by atoms with van der Waals surface area (Å²) in [4.78, 5) is 21.4. The van der Waals surface area contributed by atoms with Gasteiger partial charge in [0.2, 0.25) is 0 Å². The summed E-state index contributed by atoms with van der Waals surface area (Å²) in [6.45, 7) is 1.61. The molecule has 1 aromatic heterocycles. The van der Waals surface area contributed by atoms with Gasteiger partial charge in [-0.1, -0.05) is 6.92 Å². The van der Waals surface area contributed by atoms with Crippen molar-refractivity contribution in [1.29, 1.82) is 0 Å². The van der Waals surface area contributed by atoms with Gasteiger partial charge in [0.1, 0.15) is 0 Å². The quantitative estimate of drug-likeness (QED) is 0.693. The molecule has 0 amide bonds. The molecular weight excluding hydrogens is 172 g/mol. The number of aryl methyl sites for hydroxylation is 1. The molecule has 2 N–H and O–H groups in total. The number of hydrogen-bond donors (Lipinski definition) is 2. The summed E-state index contributed by atoms with van der Waals surface area (Å²) < 4.78 is 1.54. The Labute approximate surface area is 75.0 Å². The molecular formula is C8H12N2O3. The van der Waals surface area contributed by atoms with Gasteiger partial charge in [-0.2, -0.15) is 0 Å². The largest absolute Gasteiger partial charge is 0.481 e. The molecule has 5 nitrogen and oxygen atoms in total. The van der Waals surface area contributed by atoms with Crippen LogP contribution in [0.5, 0.6) is 0 Å². The summed E-state index contributed by atoms with van der Waals surface area (Å²) in [5, 5.41) is 11.2. The molecule has 1 unspecified atom stereocenters. The predicted octanol–water partition coefficient (Wildman–Crippen LogP) is -0.0234. The van der Waals surface area contributed by atoms with E-state index in [1.807, 2.05) is 0 Å². The summed E-state index contributed by atoms with van der Waals surface area (Å²) in [5.41, 5.74) is 0.509. The molecule has 0 aliphatic rings. The topological polar surface area (TPSA) is 75.1 Å². The van der Waals surface area contributed by atoms with E-state index in [1.54, 1.807) is 18.7 Å². The normalized spacial score (nSPS) is 12.8. The SMILES string of the molecule is CC(Cc1cc(=O)[nH]n1C)C(=O)O. The standard InChI is InChI=1S/C8H12N2O3/c1-5(8(12)13)3-6-4-7(11)9-10(6)2/h4-5H,3H2,1-2H3,(H,9,11)(H,12,13). The number of carbonyl (C=O) groups is 1. The van der Waals surface area contributed by atoms with Gasteiger partial charge in [-0.15, -0.1) is 0 Å². The molecule has 13 heavy (non-hydrogen) atoms. The van der Waals surface area contributed by atoms with Crippen LogP contribution in [0.3, 0.4) is 0 Å². The molecule has 0 bridgehead atoms. The predicted molar refractivity (Wildman–Crippen MR) is 46.5 cm³/mol. The molecule has 1 rings (SSSR count). The monoisotopic (exact) mass is 184 g/mol. The van der Waals surface area contributed by atoms with Gasteiger partial charge in [-0.3, -0.25) is 19.4 Å². The maximum Gasteiger partial charge on any atom is 0.306 e. The Hall–Kier alpha value is -1.52. The summed E-state index contributed by atoms with van der Waals surface area (Å²) in [5.74, 6) is -1.32. The number of H-pyrrole nitrogens is 1. The van der Waals surface area contributed by atoms with E-state index in [0.717, 1.165) is 0 Å². The van der Waals surface area contributed by atoms with E-state index in [9.17, 15) is 9.59 Å². The van der Waals surface area contributed by atoms with Crippen molar-refractivity contribution in [2.45, 2.75) is 13.3 Å². The lowest BCUT2D eigenvalue weighted by atomic mass is 10.1. The summed E-state index contributed by atoms with van der Waals surface area (Å²) in [6, 6.07) is 1.42. The molecule has 5 heteroatoms. The fourth-order valence-corrected chi connectivity index (χ4v) is 1.11. The lowest BCUT2D eigenvalue weighted by Crippen LogP contribution is -2.14. The Balaban J connectivity index is 2.80. The van der Waals surface area contributed by atoms with Crippen molar-refractivity contribution in [3.05, 3.63) is 22.1 Å². The highest BCUT2D eigenvalue weighted by atomic mass is 16.4. The number of carboxylic acids is 1. The summed E-state index contributed by atoms with van der Waals surface area (Å²) >= 11 is 0. The lowest BCUT2D eigenvalue weighted by molar-refractivity contribution is -0.141. The average molecular weight is 184 g/mol. The molecule has 0 aliphatic carbocycles. The van der Waals surface area contributed by atoms with Crippen molar-refractivity contribution >= 4 is 5.97 Å². The van der Waals surface area contributed by atoms with E-state index in [-0.39, 0.29) is 5.56 Å². The zero-order valence-corrected chi connectivity index (χ0v) is 7.57. The minimum absolute atomic E-state index is 0.199. The first-order valence-corrected chi connectivity index (χ1v) is 3.98. The van der Waals surface area contributed by atoms with Crippen molar-refractivity contribution in [1.82, 2.24) is 9.78 Å². The second-order valence-electron chi connectivity index (χ2n) is 3.11. The third kappa shape index (κ3) is 2.21. The van der Waals surface area contributed by atoms with Crippen LogP contribution in [0.15, 0.2) is 10.9 Å². The maximum absolute atomic E-state index is 10.8. The smallest absolute Gasteiger partial charge is 0.306 e. The van der Waals surface area contributed by atoms with Gasteiger partial charge in [-0.05, 0) is 0 Å². The molecule has 0 aliphatic heterocycles. The van der Waals surface area contributed by atoms with E-state index in [0.29, 0.717) is 12.1 Å². The van der Waals surface area contributed by atoms with E-state index in [1.165, 1.54) is 6.07 Å². The molecule has 0 aromatic carbocycles. The highest BCUT2D eigenvalue weighted by Crippen LogP contribution is 2.05. The van der Waals surface area contributed by atoms with Gasteiger partial charge in [-0.25, -0.2) is 0 Å². The third-order valence-electron chi connectivity index (χ3n) is 1.94. The fraction of sp³-hybridized carbons (Fsp3) is 0.500. The Morgan fingerprint density at radius 2 is 2.38 bits per heavy atom. The fourth-order valence-electron chi connectivity index (χ4n) is 1.11. The first kappa shape index (κ1) is 9.57. The number of aliphatic carboxylic acids is 1. The van der Waals surface area contributed by atoms with Crippen LogP contribution in [0.25, 0.3) is 0 Å². The van der Waals surface area contributed by atoms with Crippen molar-refractivity contribution in [3.63, 3.8) is 0 Å². The Morgan fingerprint density at radius 3 is 2.77 bits per heavy atom. The van der Waals surface area contributed by atoms with Gasteiger partial charge in [0.05, 0.1) is 5.92 Å². The zero-order chi connectivity index (χ0) is 10.0. The first-order valence-electron chi connectivity index (χ1n) is 3.98. The van der Waals surface area contributed by atoms with Crippen molar-refractivity contribution in [2.24, 2.45) is 13.0 Å². The summed E-state index contributed by atoms with van der Waals surface area (Å²) in [7, 11) is 1.69. The minimum Gasteiger partial charge on any atom is -0.481 e. The Morgan fingerprint density at radius 1 is 1.77 bits per heavy atom. The molecule has 1 heterocycles. The van der Waals surface area contributed by atoms with Crippen LogP contribution in [-0.4, -0.2) is 20.9 Å². The van der Waals surface area contributed by atoms with Crippen LogP contribution in [0, 0.1) is 5.92 Å². The molecule has 1 atom stereocenters. The molecule has 0 fully saturated rings. The minimum atomic E-state index is -0.853. The molecule has 0 radical (unpaired) electrons. The van der Waals surface area contributed by atoms with E-state index in [2.05, 4.69) is 5.10 Å². The highest BCUT2D eigenvalue weighted by Gasteiger charge is 2.13. The third-order valence-corrected chi connectivity index (χ3v) is 1.94. The summed E-state index contributed by atoms with van der Waals surface area (Å²) in [6.07, 6.45) is 0.366. The Bertz CT molecular complexity index is 364. The van der Waals surface area contributed by atoms with Crippen molar-refractivity contribution < 1.29 is 9.90 Å². The van der Waals surface area contributed by atoms with E-state index >= 15 is 0 Å². The van der Waals surface area contributed by atoms with Gasteiger partial charge in [0.15, 0.2) is 0 Å². The number of nitrogens with one attached hydrogen (secondary N) is 1. The van der Waals surface area contributed by atoms with Crippen molar-refractivity contribution in [2.75, 3.05) is 0 Å². The van der Waals surface area contributed by atoms with Crippen LogP contribution in [0.1, 0.15) is 12.6 Å². The van der Waals surface area contributed by atoms with E-state index < -0.39 is 11.9 Å². The van der Waals surface area contributed by atoms with Crippen LogP contribution in [0.2, 0.25) is 0 Å². The van der Waals surface area contributed by atoms with Crippen LogP contribution in [0.4, 0.5) is 0 Å². The highest BCUT2D eigenvalue weighted by molar-refractivity contribution is 5.69. The lowest BCUT2D eigenvalue weighted by Gasteiger charge is -2.05. The van der Waals surface area contributed by atoms with Gasteiger partial charge < -0.3 is 5.11 Å². The van der Waals surface area contributed by atoms with Crippen molar-refractivity contribution in [3.8, 4) is 0 Å².